The van der Waals surface area contributed by atoms with Crippen molar-refractivity contribution in [1.29, 1.82) is 0 Å². The van der Waals surface area contributed by atoms with E-state index < -0.39 is 18.7 Å². The monoisotopic (exact) mass is 216 g/mol. The van der Waals surface area contributed by atoms with E-state index in [1.54, 1.807) is 0 Å². The fraction of sp³-hybridized carbons (Fsp3) is 0. The van der Waals surface area contributed by atoms with E-state index in [0.717, 1.165) is 0 Å². The van der Waals surface area contributed by atoms with E-state index in [0.29, 0.717) is 0 Å². The third-order valence-corrected chi connectivity index (χ3v) is 0. The summed E-state index contributed by atoms with van der Waals surface area (Å²) in [6.45, 7) is 0. The molecule has 0 saturated carbocycles. The number of rotatable bonds is 0. The van der Waals surface area contributed by atoms with Crippen LogP contribution in [0.25, 0.3) is 0 Å². The molecule has 10 heteroatoms. The summed E-state index contributed by atoms with van der Waals surface area (Å²) in [7, 11) is -7.80. The lowest BCUT2D eigenvalue weighted by atomic mass is 15.8. The van der Waals surface area contributed by atoms with Crippen LogP contribution in [-0.4, -0.2) is 27.3 Å². The van der Waals surface area contributed by atoms with E-state index in [9.17, 15) is 0 Å². The van der Waals surface area contributed by atoms with E-state index in [1.165, 1.54) is 0 Å². The van der Waals surface area contributed by atoms with E-state index in [2.05, 4.69) is 0 Å². The molecule has 0 bridgehead atoms. The molecule has 7 nitrogen and oxygen atoms in total. The maximum Gasteiger partial charge on any atom is 0.394 e. The largest absolute Gasteiger partial charge is 0.394 e. The highest BCUT2D eigenvalue weighted by Gasteiger charge is 1.84. The van der Waals surface area contributed by atoms with Crippen molar-refractivity contribution in [2.24, 2.45) is 0 Å². The number of hydrogen-bond donors (Lipinski definition) is 4. The lowest BCUT2D eigenvalue weighted by molar-refractivity contribution is 0.380. The Morgan fingerprint density at radius 3 is 1.10 bits per heavy atom. The molecule has 4 N–H and O–H groups in total. The van der Waals surface area contributed by atoms with Gasteiger partial charge in [-0.25, -0.2) is 0 Å². The van der Waals surface area contributed by atoms with Gasteiger partial charge in [-0.15, -0.1) is 12.4 Å². The first kappa shape index (κ1) is 16.7. The summed E-state index contributed by atoms with van der Waals surface area (Å²) in [5.74, 6) is 0. The van der Waals surface area contributed by atoms with Crippen molar-refractivity contribution in [1.82, 2.24) is 0 Å². The van der Waals surface area contributed by atoms with Crippen LogP contribution in [0, 0.1) is 0 Å². The molecule has 0 atom stereocenters. The Balaban J connectivity index is -0.0000000910. The van der Waals surface area contributed by atoms with E-state index in [4.69, 9.17) is 31.9 Å². The first-order valence-electron chi connectivity index (χ1n) is 1.35. The molecule has 0 unspecified atom stereocenters. The summed E-state index contributed by atoms with van der Waals surface area (Å²) >= 11 is 0. The van der Waals surface area contributed by atoms with Gasteiger partial charge in [-0.1, -0.05) is 0 Å². The molecule has 0 amide bonds. The summed E-state index contributed by atoms with van der Waals surface area (Å²) < 4.78 is 40.3. The second-order valence-corrected chi connectivity index (χ2v) is 2.19. The number of halogens is 1. The Labute approximate surface area is 63.6 Å². The molecular weight excluding hydrogens is 210 g/mol. The summed E-state index contributed by atoms with van der Waals surface area (Å²) in [6, 6.07) is 0. The van der Waals surface area contributed by atoms with Crippen LogP contribution in [0.5, 0.6) is 0 Å². The molecule has 0 aliphatic heterocycles. The fourth-order valence-electron chi connectivity index (χ4n) is 0. The zero-order valence-electron chi connectivity index (χ0n) is 4.33. The molecule has 66 valence electrons. The summed E-state index contributed by atoms with van der Waals surface area (Å²) in [4.78, 5) is 14.3. The molecule has 10 heavy (non-hydrogen) atoms. The van der Waals surface area contributed by atoms with Crippen LogP contribution in [0.2, 0.25) is 0 Å². The molecule has 0 aliphatic carbocycles. The van der Waals surface area contributed by atoms with Crippen LogP contribution < -0.4 is 0 Å². The van der Waals surface area contributed by atoms with Gasteiger partial charge in [0.1, 0.15) is 0 Å². The predicted octanol–water partition coefficient (Wildman–Crippen LogP) is -0.870. The number of hydrogen-bond acceptors (Lipinski definition) is 3. The van der Waals surface area contributed by atoms with Crippen LogP contribution in [0.15, 0.2) is 0 Å². The van der Waals surface area contributed by atoms with Crippen molar-refractivity contribution in [2.75, 3.05) is 0 Å². The van der Waals surface area contributed by atoms with E-state index in [1.807, 2.05) is 0 Å². The molecule has 0 rings (SSSR count). The Morgan fingerprint density at radius 2 is 1.10 bits per heavy atom. The van der Waals surface area contributed by atoms with Gasteiger partial charge in [0.25, 0.3) is 0 Å². The molecule has 0 saturated heterocycles. The Kier molecular flexibility index (Phi) is 12.4. The zero-order valence-corrected chi connectivity index (χ0v) is 6.96. The van der Waals surface area contributed by atoms with Crippen LogP contribution in [0.1, 0.15) is 0 Å². The topological polar surface area (TPSA) is 132 Å². The molecule has 0 spiro atoms. The van der Waals surface area contributed by atoms with E-state index >= 15 is 0 Å². The van der Waals surface area contributed by atoms with Crippen LogP contribution in [0.4, 0.5) is 0 Å². The van der Waals surface area contributed by atoms with Gasteiger partial charge in [-0.2, -0.15) is 8.42 Å². The molecule has 0 aromatic rings. The van der Waals surface area contributed by atoms with Gasteiger partial charge in [-0.05, 0) is 0 Å². The minimum Gasteiger partial charge on any atom is -0.326 e. The Bertz CT molecular complexity index is 156. The van der Waals surface area contributed by atoms with Gasteiger partial charge in [0.05, 0.1) is 0 Å². The second-order valence-electron chi connectivity index (χ2n) is 0.730. The zero-order chi connectivity index (χ0) is 8.08. The Morgan fingerprint density at radius 1 is 1.10 bits per heavy atom. The predicted molar refractivity (Wildman–Crippen MR) is 34.9 cm³/mol. The average molecular weight is 217 g/mol. The molecule has 0 aliphatic rings. The average Bonchev–Trinajstić information content (AvgIpc) is 1.19. The highest BCUT2D eigenvalue weighted by molar-refractivity contribution is 7.79. The van der Waals surface area contributed by atoms with Gasteiger partial charge >= 0.3 is 18.7 Å². The lowest BCUT2D eigenvalue weighted by Gasteiger charge is -1.68. The van der Waals surface area contributed by atoms with Crippen molar-refractivity contribution in [3.05, 3.63) is 0 Å². The first-order valence-corrected chi connectivity index (χ1v) is 4.05. The normalized spacial score (nSPS) is 9.30. The summed E-state index contributed by atoms with van der Waals surface area (Å²) in [5, 5.41) is 0. The quantitative estimate of drug-likeness (QED) is 0.306. The summed E-state index contributed by atoms with van der Waals surface area (Å²) in [5.41, 5.74) is 0. The van der Waals surface area contributed by atoms with Gasteiger partial charge < -0.3 is 9.79 Å². The third-order valence-electron chi connectivity index (χ3n) is 0. The highest BCUT2D eigenvalue weighted by Crippen LogP contribution is 1.98. The van der Waals surface area contributed by atoms with Crippen molar-refractivity contribution < 1.29 is 31.9 Å². The minimum atomic E-state index is -4.67. The molecule has 0 aromatic heterocycles. The second kappa shape index (κ2) is 7.42. The first-order chi connectivity index (χ1) is 3.73. The standard InChI is InChI=1S/ClH.H2O4S.H3O3P/c;1-5(2,3)4;1-4(2)3/h1H;(H2,1,2,3,4);4H,(H2,1,2,3). The van der Waals surface area contributed by atoms with Crippen molar-refractivity contribution >= 4 is 31.1 Å². The van der Waals surface area contributed by atoms with Crippen LogP contribution in [0.3, 0.4) is 0 Å². The highest BCUT2D eigenvalue weighted by atomic mass is 35.5. The molecule has 0 radical (unpaired) electrons. The van der Waals surface area contributed by atoms with E-state index in [-0.39, 0.29) is 12.4 Å². The minimum absolute atomic E-state index is 0. The van der Waals surface area contributed by atoms with Crippen LogP contribution >= 0.6 is 20.7 Å². The van der Waals surface area contributed by atoms with Crippen molar-refractivity contribution in [3.8, 4) is 0 Å². The maximum absolute atomic E-state index is 8.74. The van der Waals surface area contributed by atoms with Gasteiger partial charge in [0, 0.05) is 0 Å². The third kappa shape index (κ3) is 4620. The van der Waals surface area contributed by atoms with Crippen LogP contribution in [-0.2, 0) is 15.0 Å². The smallest absolute Gasteiger partial charge is 0.326 e. The molecule has 0 aromatic carbocycles. The van der Waals surface area contributed by atoms with Gasteiger partial charge in [0.2, 0.25) is 0 Å². The van der Waals surface area contributed by atoms with Crippen molar-refractivity contribution in [2.45, 2.75) is 0 Å². The van der Waals surface area contributed by atoms with Crippen molar-refractivity contribution in [3.63, 3.8) is 0 Å². The SMILES string of the molecule is Cl.O=S(=O)(O)O.O=[PH](O)O. The Hall–Kier alpha value is 0.310. The fourth-order valence-corrected chi connectivity index (χ4v) is 0. The summed E-state index contributed by atoms with van der Waals surface area (Å²) in [6.07, 6.45) is 0. The molecule has 0 fully saturated rings. The van der Waals surface area contributed by atoms with Gasteiger partial charge in [0.15, 0.2) is 0 Å². The lowest BCUT2D eigenvalue weighted by Crippen LogP contribution is -1.89. The molecule has 0 heterocycles. The molecular formula is H6ClO7PS. The maximum atomic E-state index is 8.74. The van der Waals surface area contributed by atoms with Gasteiger partial charge in [-0.3, -0.25) is 13.7 Å².